The Balaban J connectivity index is 1.67. The van der Waals surface area contributed by atoms with E-state index in [4.69, 9.17) is 15.2 Å². The molecule has 0 radical (unpaired) electrons. The number of carbonyl (C=O) groups is 2. The SMILES string of the molecule is CCCCC(C(=O)Nc1cc(C(N)=O)c2[nH]c(C(C)(C)C)cc2c1)c1ccc2c(c1)OCO2. The van der Waals surface area contributed by atoms with Crippen molar-refractivity contribution in [3.8, 4) is 11.5 Å². The first-order valence-corrected chi connectivity index (χ1v) is 11.3. The topological polar surface area (TPSA) is 106 Å². The predicted octanol–water partition coefficient (Wildman–Crippen LogP) is 5.21. The average Bonchev–Trinajstić information content (AvgIpc) is 3.39. The molecular weight excluding hydrogens is 418 g/mol. The molecule has 0 saturated carbocycles. The van der Waals surface area contributed by atoms with Crippen LogP contribution in [-0.2, 0) is 10.2 Å². The molecule has 0 aliphatic carbocycles. The maximum Gasteiger partial charge on any atom is 0.250 e. The summed E-state index contributed by atoms with van der Waals surface area (Å²) in [7, 11) is 0. The van der Waals surface area contributed by atoms with E-state index in [0.717, 1.165) is 29.5 Å². The standard InChI is InChI=1S/C26H31N3O4/c1-5-6-7-18(15-8-9-20-21(11-15)33-14-32-20)25(31)28-17-10-16-12-22(26(2,3)4)29-23(16)19(13-17)24(27)30/h8-13,18,29H,5-7,14H2,1-4H3,(H2,27,30)(H,28,31). The summed E-state index contributed by atoms with van der Waals surface area (Å²) in [6.45, 7) is 8.56. The van der Waals surface area contributed by atoms with E-state index in [2.05, 4.69) is 38.0 Å². The molecule has 1 unspecified atom stereocenters. The molecule has 1 aliphatic rings. The molecule has 0 saturated heterocycles. The highest BCUT2D eigenvalue weighted by Gasteiger charge is 2.25. The van der Waals surface area contributed by atoms with Crippen molar-refractivity contribution in [1.82, 2.24) is 4.98 Å². The van der Waals surface area contributed by atoms with E-state index < -0.39 is 5.91 Å². The Morgan fingerprint density at radius 3 is 2.58 bits per heavy atom. The van der Waals surface area contributed by atoms with Crippen molar-refractivity contribution < 1.29 is 19.1 Å². The van der Waals surface area contributed by atoms with Crippen LogP contribution in [0.5, 0.6) is 11.5 Å². The molecule has 3 aromatic rings. The first-order chi connectivity index (χ1) is 15.7. The smallest absolute Gasteiger partial charge is 0.250 e. The Morgan fingerprint density at radius 2 is 1.88 bits per heavy atom. The van der Waals surface area contributed by atoms with Gasteiger partial charge in [-0.1, -0.05) is 46.6 Å². The molecule has 1 aliphatic heterocycles. The third kappa shape index (κ3) is 4.67. The van der Waals surface area contributed by atoms with Crippen LogP contribution in [0.2, 0.25) is 0 Å². The number of hydrogen-bond acceptors (Lipinski definition) is 4. The van der Waals surface area contributed by atoms with Gasteiger partial charge in [0.05, 0.1) is 17.0 Å². The summed E-state index contributed by atoms with van der Waals surface area (Å²) in [4.78, 5) is 28.9. The number of unbranched alkanes of at least 4 members (excludes halogenated alkanes) is 1. The van der Waals surface area contributed by atoms with Crippen molar-refractivity contribution in [2.75, 3.05) is 12.1 Å². The van der Waals surface area contributed by atoms with Crippen LogP contribution in [0.4, 0.5) is 5.69 Å². The van der Waals surface area contributed by atoms with Crippen LogP contribution in [0.15, 0.2) is 36.4 Å². The number of hydrogen-bond donors (Lipinski definition) is 3. The number of ether oxygens (including phenoxy) is 2. The molecular formula is C26H31N3O4. The zero-order valence-corrected chi connectivity index (χ0v) is 19.6. The van der Waals surface area contributed by atoms with Crippen LogP contribution in [0.1, 0.15) is 74.5 Å². The Hall–Kier alpha value is -3.48. The number of H-pyrrole nitrogens is 1. The summed E-state index contributed by atoms with van der Waals surface area (Å²) in [6, 6.07) is 11.2. The first-order valence-electron chi connectivity index (χ1n) is 11.3. The van der Waals surface area contributed by atoms with Gasteiger partial charge in [-0.15, -0.1) is 0 Å². The third-order valence-electron chi connectivity index (χ3n) is 6.03. The van der Waals surface area contributed by atoms with E-state index in [0.29, 0.717) is 34.7 Å². The van der Waals surface area contributed by atoms with E-state index >= 15 is 0 Å². The van der Waals surface area contributed by atoms with Crippen molar-refractivity contribution in [3.05, 3.63) is 53.2 Å². The van der Waals surface area contributed by atoms with E-state index in [-0.39, 0.29) is 24.0 Å². The molecule has 1 atom stereocenters. The molecule has 33 heavy (non-hydrogen) atoms. The molecule has 4 rings (SSSR count). The minimum atomic E-state index is -0.545. The summed E-state index contributed by atoms with van der Waals surface area (Å²) in [5.74, 6) is 0.303. The number of carbonyl (C=O) groups excluding carboxylic acids is 2. The van der Waals surface area contributed by atoms with Gasteiger partial charge in [0.15, 0.2) is 11.5 Å². The van der Waals surface area contributed by atoms with Crippen LogP contribution in [0.3, 0.4) is 0 Å². The number of primary amides is 1. The van der Waals surface area contributed by atoms with E-state index in [1.807, 2.05) is 30.3 Å². The quantitative estimate of drug-likeness (QED) is 0.460. The van der Waals surface area contributed by atoms with Crippen LogP contribution in [0.25, 0.3) is 10.9 Å². The number of amides is 2. The third-order valence-corrected chi connectivity index (χ3v) is 6.03. The van der Waals surface area contributed by atoms with Crippen molar-refractivity contribution in [2.24, 2.45) is 5.73 Å². The fraction of sp³-hybridized carbons (Fsp3) is 0.385. The largest absolute Gasteiger partial charge is 0.454 e. The zero-order valence-electron chi connectivity index (χ0n) is 19.6. The second-order valence-corrected chi connectivity index (χ2v) is 9.58. The summed E-state index contributed by atoms with van der Waals surface area (Å²) in [5.41, 5.74) is 8.99. The number of aromatic nitrogens is 1. The van der Waals surface area contributed by atoms with Gasteiger partial charge in [0.25, 0.3) is 5.91 Å². The first kappa shape index (κ1) is 22.7. The van der Waals surface area contributed by atoms with E-state index in [1.165, 1.54) is 0 Å². The number of nitrogens with one attached hydrogen (secondary N) is 2. The Kier molecular flexibility index (Phi) is 6.06. The lowest BCUT2D eigenvalue weighted by molar-refractivity contribution is -0.117. The zero-order chi connectivity index (χ0) is 23.8. The molecule has 7 nitrogen and oxygen atoms in total. The highest BCUT2D eigenvalue weighted by molar-refractivity contribution is 6.08. The molecule has 0 fully saturated rings. The molecule has 2 amide bonds. The van der Waals surface area contributed by atoms with Gasteiger partial charge in [-0.3, -0.25) is 9.59 Å². The van der Waals surface area contributed by atoms with Crippen LogP contribution in [0, 0.1) is 0 Å². The van der Waals surface area contributed by atoms with Gasteiger partial charge in [-0.2, -0.15) is 0 Å². The van der Waals surface area contributed by atoms with Gasteiger partial charge < -0.3 is 25.5 Å². The maximum atomic E-state index is 13.4. The molecule has 0 spiro atoms. The summed E-state index contributed by atoms with van der Waals surface area (Å²) in [5, 5.41) is 3.85. The van der Waals surface area contributed by atoms with Gasteiger partial charge in [0.1, 0.15) is 0 Å². The fourth-order valence-electron chi connectivity index (χ4n) is 4.13. The molecule has 174 valence electrons. The number of rotatable bonds is 7. The monoisotopic (exact) mass is 449 g/mol. The Bertz CT molecular complexity index is 1210. The van der Waals surface area contributed by atoms with E-state index in [9.17, 15) is 9.59 Å². The molecule has 4 N–H and O–H groups in total. The highest BCUT2D eigenvalue weighted by atomic mass is 16.7. The number of benzene rings is 2. The lowest BCUT2D eigenvalue weighted by Crippen LogP contribution is -2.22. The maximum absolute atomic E-state index is 13.4. The minimum Gasteiger partial charge on any atom is -0.454 e. The Labute approximate surface area is 193 Å². The van der Waals surface area contributed by atoms with Crippen molar-refractivity contribution in [2.45, 2.75) is 58.3 Å². The number of nitrogens with two attached hydrogens (primary N) is 1. The second-order valence-electron chi connectivity index (χ2n) is 9.58. The minimum absolute atomic E-state index is 0.123. The summed E-state index contributed by atoms with van der Waals surface area (Å²) in [6.07, 6.45) is 2.58. The number of aromatic amines is 1. The van der Waals surface area contributed by atoms with Crippen LogP contribution in [-0.4, -0.2) is 23.6 Å². The van der Waals surface area contributed by atoms with Gasteiger partial charge >= 0.3 is 0 Å². The van der Waals surface area contributed by atoms with E-state index in [1.54, 1.807) is 6.07 Å². The lowest BCUT2D eigenvalue weighted by Gasteiger charge is -2.18. The summed E-state index contributed by atoms with van der Waals surface area (Å²) < 4.78 is 10.9. The molecule has 2 aromatic carbocycles. The van der Waals surface area contributed by atoms with Crippen molar-refractivity contribution >= 4 is 28.4 Å². The number of fused-ring (bicyclic) bond motifs is 2. The van der Waals surface area contributed by atoms with Crippen LogP contribution >= 0.6 is 0 Å². The molecule has 2 heterocycles. The second kappa shape index (κ2) is 8.81. The Morgan fingerprint density at radius 1 is 1.12 bits per heavy atom. The molecule has 7 heteroatoms. The van der Waals surface area contributed by atoms with Gasteiger partial charge in [-0.25, -0.2) is 0 Å². The van der Waals surface area contributed by atoms with Gasteiger partial charge in [0, 0.05) is 22.2 Å². The molecule has 1 aromatic heterocycles. The average molecular weight is 450 g/mol. The van der Waals surface area contributed by atoms with Gasteiger partial charge in [-0.05, 0) is 42.3 Å². The highest BCUT2D eigenvalue weighted by Crippen LogP contribution is 2.37. The number of anilines is 1. The van der Waals surface area contributed by atoms with Crippen molar-refractivity contribution in [1.29, 1.82) is 0 Å². The lowest BCUT2D eigenvalue weighted by atomic mass is 9.92. The fourth-order valence-corrected chi connectivity index (χ4v) is 4.13. The predicted molar refractivity (Wildman–Crippen MR) is 129 cm³/mol. The summed E-state index contributed by atoms with van der Waals surface area (Å²) >= 11 is 0. The molecule has 0 bridgehead atoms. The normalized spacial score (nSPS) is 13.8. The van der Waals surface area contributed by atoms with Crippen molar-refractivity contribution in [3.63, 3.8) is 0 Å². The van der Waals surface area contributed by atoms with Crippen LogP contribution < -0.4 is 20.5 Å². The van der Waals surface area contributed by atoms with Gasteiger partial charge in [0.2, 0.25) is 12.7 Å².